The van der Waals surface area contributed by atoms with E-state index in [9.17, 15) is 19.5 Å². The number of nitrogens with zero attached hydrogens (tertiary/aromatic N) is 5. The van der Waals surface area contributed by atoms with Crippen molar-refractivity contribution in [1.29, 1.82) is 0 Å². The molecule has 2 saturated heterocycles. The van der Waals surface area contributed by atoms with E-state index in [0.717, 1.165) is 5.69 Å². The maximum absolute atomic E-state index is 15.4. The molecule has 0 spiro atoms. The quantitative estimate of drug-likeness (QED) is 0.270. The van der Waals surface area contributed by atoms with Crippen LogP contribution in [0.15, 0.2) is 55.0 Å². The summed E-state index contributed by atoms with van der Waals surface area (Å²) >= 11 is 0. The van der Waals surface area contributed by atoms with Gasteiger partial charge in [0, 0.05) is 44.5 Å². The first-order valence-electron chi connectivity index (χ1n) is 14.5. The highest BCUT2D eigenvalue weighted by molar-refractivity contribution is 5.89. The van der Waals surface area contributed by atoms with E-state index in [-0.39, 0.29) is 37.2 Å². The number of morpholine rings is 1. The molecule has 14 heteroatoms. The van der Waals surface area contributed by atoms with Gasteiger partial charge in [0.05, 0.1) is 31.4 Å². The number of aliphatic carboxylic acids is 1. The Balaban J connectivity index is 1.16. The van der Waals surface area contributed by atoms with E-state index in [1.165, 1.54) is 6.33 Å². The van der Waals surface area contributed by atoms with Crippen LogP contribution < -0.4 is 20.9 Å². The molecule has 2 aliphatic heterocycles. The van der Waals surface area contributed by atoms with Crippen molar-refractivity contribution in [3.8, 4) is 0 Å². The van der Waals surface area contributed by atoms with Gasteiger partial charge in [-0.25, -0.2) is 19.6 Å². The lowest BCUT2D eigenvalue weighted by atomic mass is 9.96. The minimum absolute atomic E-state index is 0.0323. The second-order valence-corrected chi connectivity index (χ2v) is 10.6. The second-order valence-electron chi connectivity index (χ2n) is 10.6. The molecule has 44 heavy (non-hydrogen) atoms. The Hall–Kier alpha value is -4.85. The van der Waals surface area contributed by atoms with E-state index < -0.39 is 29.7 Å². The number of halogens is 1. The van der Waals surface area contributed by atoms with Gasteiger partial charge in [-0.15, -0.1) is 0 Å². The van der Waals surface area contributed by atoms with Crippen molar-refractivity contribution in [1.82, 2.24) is 25.2 Å². The van der Waals surface area contributed by atoms with Crippen LogP contribution in [-0.4, -0.2) is 88.3 Å². The Morgan fingerprint density at radius 3 is 2.57 bits per heavy atom. The Bertz CT molecular complexity index is 1440. The van der Waals surface area contributed by atoms with Crippen molar-refractivity contribution in [2.24, 2.45) is 5.92 Å². The number of rotatable bonds is 10. The summed E-state index contributed by atoms with van der Waals surface area (Å²) in [6.45, 7) is 2.98. The molecule has 5 rings (SSSR count). The van der Waals surface area contributed by atoms with Crippen molar-refractivity contribution >= 4 is 35.2 Å². The number of benzene rings is 1. The predicted octanol–water partition coefficient (Wildman–Crippen LogP) is 2.52. The molecule has 4 heterocycles. The predicted molar refractivity (Wildman–Crippen MR) is 160 cm³/mol. The lowest BCUT2D eigenvalue weighted by Gasteiger charge is -2.33. The number of ether oxygens (including phenoxy) is 1. The van der Waals surface area contributed by atoms with Crippen LogP contribution in [0.1, 0.15) is 24.1 Å². The number of carboxylic acids is 1. The first-order chi connectivity index (χ1) is 21.4. The number of anilines is 3. The number of hydrogen-bond donors (Lipinski definition) is 4. The van der Waals surface area contributed by atoms with E-state index in [4.69, 9.17) is 4.74 Å². The lowest BCUT2D eigenvalue weighted by Crippen LogP contribution is -2.49. The van der Waals surface area contributed by atoms with Crippen LogP contribution in [0.5, 0.6) is 0 Å². The molecule has 2 fully saturated rings. The third-order valence-electron chi connectivity index (χ3n) is 7.58. The van der Waals surface area contributed by atoms with Crippen molar-refractivity contribution in [2.75, 3.05) is 54.9 Å². The van der Waals surface area contributed by atoms with Crippen LogP contribution in [0.25, 0.3) is 0 Å². The highest BCUT2D eigenvalue weighted by Crippen LogP contribution is 2.27. The molecule has 3 aromatic rings. The topological polar surface area (TPSA) is 162 Å². The van der Waals surface area contributed by atoms with Gasteiger partial charge in [0.1, 0.15) is 12.4 Å². The highest BCUT2D eigenvalue weighted by Gasteiger charge is 2.31. The molecule has 232 valence electrons. The van der Waals surface area contributed by atoms with Gasteiger partial charge in [-0.1, -0.05) is 18.2 Å². The van der Waals surface area contributed by atoms with Crippen molar-refractivity contribution < 1.29 is 28.6 Å². The van der Waals surface area contributed by atoms with Crippen LogP contribution in [0, 0.1) is 11.7 Å². The Labute approximate surface area is 253 Å². The fourth-order valence-electron chi connectivity index (χ4n) is 5.18. The molecule has 1 aromatic carbocycles. The van der Waals surface area contributed by atoms with Gasteiger partial charge in [-0.05, 0) is 42.7 Å². The Morgan fingerprint density at radius 1 is 1.05 bits per heavy atom. The number of aromatic nitrogens is 3. The molecule has 0 bridgehead atoms. The summed E-state index contributed by atoms with van der Waals surface area (Å²) < 4.78 is 20.6. The number of carboxylic acid groups (broad SMARTS) is 1. The number of carbonyl (C=O) groups is 3. The van der Waals surface area contributed by atoms with E-state index in [2.05, 4.69) is 30.9 Å². The van der Waals surface area contributed by atoms with Gasteiger partial charge >= 0.3 is 12.0 Å². The van der Waals surface area contributed by atoms with Gasteiger partial charge in [0.15, 0.2) is 11.6 Å². The number of urea groups is 1. The molecule has 0 aliphatic carbocycles. The fourth-order valence-corrected chi connectivity index (χ4v) is 5.18. The summed E-state index contributed by atoms with van der Waals surface area (Å²) in [5.41, 5.74) is 1.98. The van der Waals surface area contributed by atoms with Crippen LogP contribution in [0.2, 0.25) is 0 Å². The summed E-state index contributed by atoms with van der Waals surface area (Å²) in [6.07, 6.45) is 4.11. The second kappa shape index (κ2) is 14.6. The molecular formula is C30H35FN8O5. The first kappa shape index (κ1) is 30.6. The number of nitrogens with one attached hydrogen (secondary N) is 3. The van der Waals surface area contributed by atoms with Gasteiger partial charge < -0.3 is 35.6 Å². The van der Waals surface area contributed by atoms with Crippen LogP contribution in [0.3, 0.4) is 0 Å². The van der Waals surface area contributed by atoms with Gasteiger partial charge in [0.25, 0.3) is 0 Å². The van der Waals surface area contributed by atoms with Crippen LogP contribution >= 0.6 is 0 Å². The first-order valence-corrected chi connectivity index (χ1v) is 14.5. The third-order valence-corrected chi connectivity index (χ3v) is 7.58. The fraction of sp³-hybridized carbons (Fsp3) is 0.400. The summed E-state index contributed by atoms with van der Waals surface area (Å²) in [5.74, 6) is -2.65. The molecule has 0 radical (unpaired) electrons. The number of piperidine rings is 1. The average Bonchev–Trinajstić information content (AvgIpc) is 3.05. The maximum Gasteiger partial charge on any atom is 0.326 e. The number of amides is 3. The normalized spacial score (nSPS) is 17.4. The molecule has 4 N–H and O–H groups in total. The molecule has 0 saturated carbocycles. The Kier molecular flexibility index (Phi) is 10.1. The van der Waals surface area contributed by atoms with E-state index in [1.807, 2.05) is 12.1 Å². The molecule has 2 atom stereocenters. The zero-order chi connectivity index (χ0) is 30.9. The number of hydrogen-bond acceptors (Lipinski definition) is 9. The van der Waals surface area contributed by atoms with Crippen LogP contribution in [0.4, 0.5) is 26.5 Å². The SMILES string of the molecule is O=C(N[C@@H](Cc1ccc(NC(=O)N2CCOCC2)cc1)C(=O)O)C1CCCN(c2ncnc(NCc3ccccn3)c2F)C1. The minimum atomic E-state index is -1.17. The number of carbonyl (C=O) groups excluding carboxylic acids is 2. The van der Waals surface area contributed by atoms with Gasteiger partial charge in [0.2, 0.25) is 11.7 Å². The van der Waals surface area contributed by atoms with Crippen LogP contribution in [-0.2, 0) is 27.3 Å². The van der Waals surface area contributed by atoms with E-state index in [1.54, 1.807) is 46.3 Å². The summed E-state index contributed by atoms with van der Waals surface area (Å²) in [7, 11) is 0. The van der Waals surface area contributed by atoms with Crippen molar-refractivity contribution in [3.63, 3.8) is 0 Å². The smallest absolute Gasteiger partial charge is 0.326 e. The molecule has 2 aromatic heterocycles. The highest BCUT2D eigenvalue weighted by atomic mass is 19.1. The zero-order valence-corrected chi connectivity index (χ0v) is 24.1. The standard InChI is InChI=1S/C30H35FN8O5/c31-25-26(33-17-23-5-1-2-10-32-23)34-19-35-27(25)39-11-3-4-21(18-39)28(40)37-24(29(41)42)16-20-6-8-22(9-7-20)36-30(43)38-12-14-44-15-13-38/h1-2,5-10,19,21,24H,3-4,11-18H2,(H,36,43)(H,37,40)(H,41,42)(H,33,34,35)/t21?,24-/m0/s1. The summed E-state index contributed by atoms with van der Waals surface area (Å²) in [6, 6.07) is 10.9. The monoisotopic (exact) mass is 606 g/mol. The zero-order valence-electron chi connectivity index (χ0n) is 24.1. The largest absolute Gasteiger partial charge is 0.480 e. The van der Waals surface area contributed by atoms with E-state index in [0.29, 0.717) is 56.9 Å². The Morgan fingerprint density at radius 2 is 1.84 bits per heavy atom. The molecular weight excluding hydrogens is 571 g/mol. The molecule has 13 nitrogen and oxygen atoms in total. The van der Waals surface area contributed by atoms with Crippen molar-refractivity contribution in [2.45, 2.75) is 31.8 Å². The molecule has 1 unspecified atom stereocenters. The molecule has 2 aliphatic rings. The summed E-state index contributed by atoms with van der Waals surface area (Å²) in [4.78, 5) is 53.4. The van der Waals surface area contributed by atoms with Gasteiger partial charge in [-0.3, -0.25) is 9.78 Å². The maximum atomic E-state index is 15.4. The van der Waals surface area contributed by atoms with Crippen molar-refractivity contribution in [3.05, 3.63) is 72.1 Å². The van der Waals surface area contributed by atoms with Gasteiger partial charge in [-0.2, -0.15) is 4.39 Å². The number of pyridine rings is 1. The average molecular weight is 607 g/mol. The minimum Gasteiger partial charge on any atom is -0.480 e. The summed E-state index contributed by atoms with van der Waals surface area (Å²) in [5, 5.41) is 18.3. The third kappa shape index (κ3) is 7.95. The van der Waals surface area contributed by atoms with E-state index >= 15 is 4.39 Å². The molecule has 3 amide bonds. The lowest BCUT2D eigenvalue weighted by molar-refractivity contribution is -0.142.